The number of hydrogen-bond donors (Lipinski definition) is 1. The Labute approximate surface area is 202 Å². The predicted octanol–water partition coefficient (Wildman–Crippen LogP) is 4.85. The third-order valence-electron chi connectivity index (χ3n) is 7.71. The van der Waals surface area contributed by atoms with Gasteiger partial charge in [-0.15, -0.1) is 6.58 Å². The summed E-state index contributed by atoms with van der Waals surface area (Å²) in [5, 5.41) is 1.21. The smallest absolute Gasteiger partial charge is 0.253 e. The van der Waals surface area contributed by atoms with Gasteiger partial charge in [-0.05, 0) is 49.4 Å². The highest BCUT2D eigenvalue weighted by molar-refractivity contribution is 5.99. The zero-order valence-electron chi connectivity index (χ0n) is 20.9. The summed E-state index contributed by atoms with van der Waals surface area (Å²) in [5.74, 6) is 1.94. The first kappa shape index (κ1) is 22.9. The molecule has 3 aromatic rings. The molecule has 0 spiro atoms. The van der Waals surface area contributed by atoms with Gasteiger partial charge in [0.1, 0.15) is 5.82 Å². The van der Waals surface area contributed by atoms with Gasteiger partial charge < -0.3 is 14.5 Å². The standard InChI is InChI=1S/C28H37N5O/c1-5-12-33-25-8-7-21(28(34)32-14-9-19(3)10-15-32)16-22(25)23-17-31(13-11-26(23)33)18-24-20(4)29-27(6-2)30-24/h5,7-8,16,19H,1,6,9-15,17-18H2,2-4H3,(H,29,30). The monoisotopic (exact) mass is 459 g/mol. The number of aromatic nitrogens is 3. The maximum absolute atomic E-state index is 13.3. The summed E-state index contributed by atoms with van der Waals surface area (Å²) in [4.78, 5) is 26.0. The number of nitrogens with zero attached hydrogens (tertiary/aromatic N) is 4. The van der Waals surface area contributed by atoms with Crippen molar-refractivity contribution in [3.63, 3.8) is 0 Å². The molecule has 1 aromatic carbocycles. The molecule has 1 amide bonds. The van der Waals surface area contributed by atoms with Gasteiger partial charge in [-0.2, -0.15) is 0 Å². The third kappa shape index (κ3) is 4.20. The second kappa shape index (κ2) is 9.41. The largest absolute Gasteiger partial charge is 0.346 e. The number of imidazole rings is 1. The van der Waals surface area contributed by atoms with Crippen molar-refractivity contribution in [2.75, 3.05) is 19.6 Å². The van der Waals surface area contributed by atoms with Crippen molar-refractivity contribution in [1.82, 2.24) is 24.3 Å². The lowest BCUT2D eigenvalue weighted by atomic mass is 9.98. The van der Waals surface area contributed by atoms with Crippen LogP contribution in [0.3, 0.4) is 0 Å². The van der Waals surface area contributed by atoms with Gasteiger partial charge in [-0.25, -0.2) is 4.98 Å². The van der Waals surface area contributed by atoms with Gasteiger partial charge in [0.05, 0.1) is 5.69 Å². The summed E-state index contributed by atoms with van der Waals surface area (Å²) in [7, 11) is 0. The van der Waals surface area contributed by atoms with Gasteiger partial charge in [0, 0.05) is 80.0 Å². The van der Waals surface area contributed by atoms with Crippen LogP contribution in [0.15, 0.2) is 30.9 Å². The van der Waals surface area contributed by atoms with Gasteiger partial charge in [0.2, 0.25) is 0 Å². The molecular formula is C28H37N5O. The number of likely N-dealkylation sites (tertiary alicyclic amines) is 1. The van der Waals surface area contributed by atoms with Crippen LogP contribution in [-0.4, -0.2) is 49.9 Å². The van der Waals surface area contributed by atoms with Gasteiger partial charge in [0.15, 0.2) is 0 Å². The number of carbonyl (C=O) groups is 1. The van der Waals surface area contributed by atoms with Crippen molar-refractivity contribution in [2.24, 2.45) is 5.92 Å². The van der Waals surface area contributed by atoms with E-state index in [2.05, 4.69) is 53.9 Å². The Bertz CT molecular complexity index is 1210. The first-order chi connectivity index (χ1) is 16.5. The number of piperidine rings is 1. The Kier molecular flexibility index (Phi) is 6.34. The molecule has 6 heteroatoms. The number of hydrogen-bond acceptors (Lipinski definition) is 3. The Morgan fingerprint density at radius 1 is 1.26 bits per heavy atom. The van der Waals surface area contributed by atoms with Crippen molar-refractivity contribution in [2.45, 2.75) is 66.1 Å². The number of H-pyrrole nitrogens is 1. The van der Waals surface area contributed by atoms with Crippen molar-refractivity contribution < 1.29 is 4.79 Å². The minimum Gasteiger partial charge on any atom is -0.346 e. The molecule has 0 unspecified atom stereocenters. The molecule has 0 saturated carbocycles. The van der Waals surface area contributed by atoms with Crippen LogP contribution < -0.4 is 0 Å². The van der Waals surface area contributed by atoms with E-state index in [0.29, 0.717) is 5.92 Å². The Balaban J connectivity index is 1.46. The lowest BCUT2D eigenvalue weighted by molar-refractivity contribution is 0.0697. The molecule has 2 aromatic heterocycles. The number of allylic oxidation sites excluding steroid dienone is 1. The molecule has 2 aliphatic rings. The minimum absolute atomic E-state index is 0.172. The summed E-state index contributed by atoms with van der Waals surface area (Å²) >= 11 is 0. The molecule has 180 valence electrons. The van der Waals surface area contributed by atoms with E-state index in [9.17, 15) is 4.79 Å². The van der Waals surface area contributed by atoms with Crippen LogP contribution in [0.5, 0.6) is 0 Å². The first-order valence-electron chi connectivity index (χ1n) is 12.8. The van der Waals surface area contributed by atoms with Crippen molar-refractivity contribution in [3.8, 4) is 0 Å². The van der Waals surface area contributed by atoms with Gasteiger partial charge in [0.25, 0.3) is 5.91 Å². The van der Waals surface area contributed by atoms with Crippen LogP contribution in [0.1, 0.15) is 65.5 Å². The van der Waals surface area contributed by atoms with E-state index in [1.807, 2.05) is 17.0 Å². The van der Waals surface area contributed by atoms with E-state index in [-0.39, 0.29) is 5.91 Å². The zero-order valence-corrected chi connectivity index (χ0v) is 20.9. The molecule has 1 fully saturated rings. The predicted molar refractivity (Wildman–Crippen MR) is 137 cm³/mol. The number of amides is 1. The van der Waals surface area contributed by atoms with Crippen LogP contribution in [0.2, 0.25) is 0 Å². The van der Waals surface area contributed by atoms with Crippen molar-refractivity contribution in [3.05, 3.63) is 64.9 Å². The molecule has 4 heterocycles. The van der Waals surface area contributed by atoms with Crippen LogP contribution in [0, 0.1) is 12.8 Å². The van der Waals surface area contributed by atoms with Crippen LogP contribution in [0.4, 0.5) is 0 Å². The SMILES string of the molecule is C=CCn1c2c(c3cc(C(=O)N4CCC(C)CC4)ccc31)CN(Cc1nc(CC)[nH]c1C)CC2. The number of aryl methyl sites for hydroxylation is 2. The lowest BCUT2D eigenvalue weighted by Crippen LogP contribution is -2.37. The molecule has 0 radical (unpaired) electrons. The summed E-state index contributed by atoms with van der Waals surface area (Å²) in [6, 6.07) is 6.31. The van der Waals surface area contributed by atoms with E-state index in [0.717, 1.165) is 82.0 Å². The normalized spacial score (nSPS) is 17.3. The molecule has 0 aliphatic carbocycles. The molecule has 5 rings (SSSR count). The summed E-state index contributed by atoms with van der Waals surface area (Å²) in [5.41, 5.74) is 7.07. The quantitative estimate of drug-likeness (QED) is 0.536. The number of rotatable bonds is 6. The van der Waals surface area contributed by atoms with E-state index in [1.54, 1.807) is 0 Å². The van der Waals surface area contributed by atoms with E-state index >= 15 is 0 Å². The summed E-state index contributed by atoms with van der Waals surface area (Å²) in [6.07, 6.45) is 6.09. The van der Waals surface area contributed by atoms with Gasteiger partial charge in [-0.1, -0.05) is 19.9 Å². The Hall–Kier alpha value is -2.86. The number of nitrogens with one attached hydrogen (secondary N) is 1. The van der Waals surface area contributed by atoms with Gasteiger partial charge >= 0.3 is 0 Å². The van der Waals surface area contributed by atoms with Gasteiger partial charge in [-0.3, -0.25) is 9.69 Å². The average molecular weight is 460 g/mol. The summed E-state index contributed by atoms with van der Waals surface area (Å²) < 4.78 is 2.39. The van der Waals surface area contributed by atoms with Crippen molar-refractivity contribution in [1.29, 1.82) is 0 Å². The highest BCUT2D eigenvalue weighted by atomic mass is 16.2. The van der Waals surface area contributed by atoms with E-state index < -0.39 is 0 Å². The molecule has 0 atom stereocenters. The number of aromatic amines is 1. The van der Waals surface area contributed by atoms with Crippen molar-refractivity contribution >= 4 is 16.8 Å². The fourth-order valence-corrected chi connectivity index (χ4v) is 5.60. The molecule has 1 N–H and O–H groups in total. The molecule has 0 bridgehead atoms. The molecular weight excluding hydrogens is 422 g/mol. The second-order valence-corrected chi connectivity index (χ2v) is 10.1. The zero-order chi connectivity index (χ0) is 23.8. The first-order valence-corrected chi connectivity index (χ1v) is 12.8. The highest BCUT2D eigenvalue weighted by Gasteiger charge is 2.27. The van der Waals surface area contributed by atoms with Crippen LogP contribution >= 0.6 is 0 Å². The average Bonchev–Trinajstić information content (AvgIpc) is 3.36. The number of carbonyl (C=O) groups excluding carboxylic acids is 1. The highest BCUT2D eigenvalue weighted by Crippen LogP contribution is 2.33. The second-order valence-electron chi connectivity index (χ2n) is 10.1. The Morgan fingerprint density at radius 3 is 2.76 bits per heavy atom. The van der Waals surface area contributed by atoms with Crippen LogP contribution in [-0.2, 0) is 32.5 Å². The minimum atomic E-state index is 0.172. The fraction of sp³-hybridized carbons (Fsp3) is 0.500. The fourth-order valence-electron chi connectivity index (χ4n) is 5.60. The molecule has 2 aliphatic heterocycles. The number of fused-ring (bicyclic) bond motifs is 3. The molecule has 1 saturated heterocycles. The van der Waals surface area contributed by atoms with E-state index in [1.165, 1.54) is 27.9 Å². The maximum atomic E-state index is 13.3. The molecule has 6 nitrogen and oxygen atoms in total. The molecule has 34 heavy (non-hydrogen) atoms. The number of benzene rings is 1. The van der Waals surface area contributed by atoms with Crippen LogP contribution in [0.25, 0.3) is 10.9 Å². The van der Waals surface area contributed by atoms with E-state index in [4.69, 9.17) is 4.98 Å². The maximum Gasteiger partial charge on any atom is 0.253 e. The summed E-state index contributed by atoms with van der Waals surface area (Å²) in [6.45, 7) is 15.8. The topological polar surface area (TPSA) is 57.2 Å². The third-order valence-corrected chi connectivity index (χ3v) is 7.71. The lowest BCUT2D eigenvalue weighted by Gasteiger charge is -2.30. The Morgan fingerprint density at radius 2 is 2.06 bits per heavy atom.